The zero-order chi connectivity index (χ0) is 22.2. The van der Waals surface area contributed by atoms with Gasteiger partial charge in [0.25, 0.3) is 0 Å². The third kappa shape index (κ3) is 5.83. The molecule has 0 saturated heterocycles. The Morgan fingerprint density at radius 2 is 1.71 bits per heavy atom. The smallest absolute Gasteiger partial charge is 0.203 e. The number of benzene rings is 3. The van der Waals surface area contributed by atoms with E-state index in [1.807, 2.05) is 63.2 Å². The van der Waals surface area contributed by atoms with Crippen LogP contribution in [-0.2, 0) is 6.61 Å². The lowest BCUT2D eigenvalue weighted by molar-refractivity contribution is 0.104. The van der Waals surface area contributed by atoms with Crippen molar-refractivity contribution in [3.8, 4) is 17.6 Å². The summed E-state index contributed by atoms with van der Waals surface area (Å²) in [5, 5.41) is 9.54. The molecule has 4 heteroatoms. The van der Waals surface area contributed by atoms with Crippen molar-refractivity contribution in [2.45, 2.75) is 27.4 Å². The van der Waals surface area contributed by atoms with Crippen LogP contribution in [0.4, 0.5) is 0 Å². The average molecular weight is 412 g/mol. The van der Waals surface area contributed by atoms with Crippen molar-refractivity contribution in [3.63, 3.8) is 0 Å². The minimum absolute atomic E-state index is 0.0692. The number of allylic oxidation sites excluding steroid dienone is 1. The van der Waals surface area contributed by atoms with E-state index >= 15 is 0 Å². The quantitative estimate of drug-likeness (QED) is 0.256. The summed E-state index contributed by atoms with van der Waals surface area (Å²) in [6.45, 7) is 6.79. The highest BCUT2D eigenvalue weighted by molar-refractivity contribution is 6.14. The number of hydrogen-bond acceptors (Lipinski definition) is 4. The Kier molecular flexibility index (Phi) is 7.24. The van der Waals surface area contributed by atoms with Crippen molar-refractivity contribution >= 4 is 11.9 Å². The molecule has 0 N–H and O–H groups in total. The van der Waals surface area contributed by atoms with E-state index in [1.165, 1.54) is 5.56 Å². The maximum atomic E-state index is 12.7. The van der Waals surface area contributed by atoms with Crippen molar-refractivity contribution in [3.05, 3.63) is 100 Å². The van der Waals surface area contributed by atoms with Crippen LogP contribution in [-0.4, -0.2) is 12.4 Å². The number of hydrogen-bond donors (Lipinski definition) is 0. The van der Waals surface area contributed by atoms with Crippen LogP contribution in [0.3, 0.4) is 0 Å². The van der Waals surface area contributed by atoms with E-state index in [1.54, 1.807) is 30.3 Å². The number of ketones is 1. The van der Waals surface area contributed by atoms with Crippen molar-refractivity contribution in [2.75, 3.05) is 6.61 Å². The number of carbonyl (C=O) groups excluding carboxylic acids is 1. The van der Waals surface area contributed by atoms with Crippen LogP contribution in [0.1, 0.15) is 39.5 Å². The largest absolute Gasteiger partial charge is 0.490 e. The van der Waals surface area contributed by atoms with Crippen molar-refractivity contribution in [1.82, 2.24) is 0 Å². The summed E-state index contributed by atoms with van der Waals surface area (Å²) in [5.41, 5.74) is 4.56. The van der Waals surface area contributed by atoms with E-state index in [2.05, 4.69) is 6.07 Å². The molecule has 0 unspecified atom stereocenters. The molecular formula is C27H25NO3. The molecule has 156 valence electrons. The molecule has 0 aromatic heterocycles. The van der Waals surface area contributed by atoms with E-state index in [4.69, 9.17) is 9.47 Å². The van der Waals surface area contributed by atoms with Gasteiger partial charge in [0.15, 0.2) is 11.5 Å². The number of Topliss-reactive ketones (excluding diaryl/α,β-unsaturated/α-hetero) is 1. The Labute approximate surface area is 183 Å². The predicted molar refractivity (Wildman–Crippen MR) is 122 cm³/mol. The lowest BCUT2D eigenvalue weighted by Gasteiger charge is -2.13. The van der Waals surface area contributed by atoms with Gasteiger partial charge in [-0.1, -0.05) is 65.7 Å². The molecule has 0 spiro atoms. The highest BCUT2D eigenvalue weighted by atomic mass is 16.5. The summed E-state index contributed by atoms with van der Waals surface area (Å²) < 4.78 is 11.7. The van der Waals surface area contributed by atoms with Crippen molar-refractivity contribution in [2.24, 2.45) is 0 Å². The monoisotopic (exact) mass is 411 g/mol. The standard InChI is InChI=1S/C27H25NO3/c1-4-30-26-16-21(10-13-25(26)31-18-22-7-5-6-20(3)14-22)15-24(17-28)27(29)23-11-8-19(2)9-12-23/h5-16H,4,18H2,1-3H3. The zero-order valence-corrected chi connectivity index (χ0v) is 18.0. The average Bonchev–Trinajstić information content (AvgIpc) is 2.77. The summed E-state index contributed by atoms with van der Waals surface area (Å²) in [6.07, 6.45) is 1.58. The van der Waals surface area contributed by atoms with Gasteiger partial charge in [-0.3, -0.25) is 4.79 Å². The lowest BCUT2D eigenvalue weighted by Crippen LogP contribution is -2.02. The van der Waals surface area contributed by atoms with Crippen molar-refractivity contribution in [1.29, 1.82) is 5.26 Å². The topological polar surface area (TPSA) is 59.3 Å². The Bertz CT molecular complexity index is 1140. The minimum Gasteiger partial charge on any atom is -0.490 e. The SMILES string of the molecule is CCOc1cc(C=C(C#N)C(=O)c2ccc(C)cc2)ccc1OCc1cccc(C)c1. The number of carbonyl (C=O) groups is 1. The number of nitriles is 1. The molecule has 3 rings (SSSR count). The summed E-state index contributed by atoms with van der Waals surface area (Å²) >= 11 is 0. The molecule has 0 aliphatic heterocycles. The first-order valence-electron chi connectivity index (χ1n) is 10.2. The molecule has 0 heterocycles. The molecule has 0 amide bonds. The minimum atomic E-state index is -0.305. The van der Waals surface area contributed by atoms with Gasteiger partial charge in [-0.25, -0.2) is 0 Å². The number of aryl methyl sites for hydroxylation is 2. The highest BCUT2D eigenvalue weighted by Gasteiger charge is 2.13. The predicted octanol–water partition coefficient (Wildman–Crippen LogP) is 6.07. The fourth-order valence-corrected chi connectivity index (χ4v) is 3.14. The zero-order valence-electron chi connectivity index (χ0n) is 18.0. The molecule has 0 aliphatic carbocycles. The molecule has 0 fully saturated rings. The molecule has 0 saturated carbocycles. The van der Waals surface area contributed by atoms with Crippen LogP contribution < -0.4 is 9.47 Å². The first kappa shape index (κ1) is 21.9. The first-order chi connectivity index (χ1) is 15.0. The summed E-state index contributed by atoms with van der Waals surface area (Å²) in [5.74, 6) is 0.882. The van der Waals surface area contributed by atoms with Gasteiger partial charge in [0, 0.05) is 5.56 Å². The normalized spacial score (nSPS) is 11.0. The molecule has 0 atom stereocenters. The maximum Gasteiger partial charge on any atom is 0.203 e. The molecule has 0 bridgehead atoms. The van der Waals surface area contributed by atoms with Crippen LogP contribution in [0, 0.1) is 25.2 Å². The van der Waals surface area contributed by atoms with E-state index in [-0.39, 0.29) is 11.4 Å². The van der Waals surface area contributed by atoms with E-state index in [0.717, 1.165) is 11.1 Å². The van der Waals surface area contributed by atoms with E-state index in [9.17, 15) is 10.1 Å². The summed E-state index contributed by atoms with van der Waals surface area (Å²) in [4.78, 5) is 12.7. The van der Waals surface area contributed by atoms with Gasteiger partial charge in [0.05, 0.1) is 6.61 Å². The number of rotatable bonds is 8. The van der Waals surface area contributed by atoms with Crippen molar-refractivity contribution < 1.29 is 14.3 Å². The van der Waals surface area contributed by atoms with E-state index < -0.39 is 0 Å². The van der Waals surface area contributed by atoms with Crippen LogP contribution in [0.2, 0.25) is 0 Å². The highest BCUT2D eigenvalue weighted by Crippen LogP contribution is 2.30. The van der Waals surface area contributed by atoms with Gasteiger partial charge in [-0.2, -0.15) is 5.26 Å². The van der Waals surface area contributed by atoms with Crippen LogP contribution in [0.5, 0.6) is 11.5 Å². The second-order valence-electron chi connectivity index (χ2n) is 7.28. The number of ether oxygens (including phenoxy) is 2. The summed E-state index contributed by atoms with van der Waals surface area (Å²) in [6, 6.07) is 22.7. The van der Waals surface area contributed by atoms with Gasteiger partial charge < -0.3 is 9.47 Å². The van der Waals surface area contributed by atoms with Gasteiger partial charge in [0.1, 0.15) is 18.2 Å². The molecule has 3 aromatic carbocycles. The first-order valence-corrected chi connectivity index (χ1v) is 10.2. The van der Waals surface area contributed by atoms with Gasteiger partial charge in [-0.05, 0) is 50.1 Å². The Hall–Kier alpha value is -3.84. The maximum absolute atomic E-state index is 12.7. The second-order valence-corrected chi connectivity index (χ2v) is 7.28. The molecule has 0 aliphatic rings. The fraction of sp³-hybridized carbons (Fsp3) is 0.185. The fourth-order valence-electron chi connectivity index (χ4n) is 3.14. The second kappa shape index (κ2) is 10.3. The number of nitrogens with zero attached hydrogens (tertiary/aromatic N) is 1. The Morgan fingerprint density at radius 1 is 0.935 bits per heavy atom. The third-order valence-electron chi connectivity index (χ3n) is 4.73. The Morgan fingerprint density at radius 3 is 2.39 bits per heavy atom. The third-order valence-corrected chi connectivity index (χ3v) is 4.73. The Balaban J connectivity index is 1.83. The molecule has 0 radical (unpaired) electrons. The van der Waals surface area contributed by atoms with Gasteiger partial charge in [-0.15, -0.1) is 0 Å². The van der Waals surface area contributed by atoms with Gasteiger partial charge >= 0.3 is 0 Å². The van der Waals surface area contributed by atoms with Crippen LogP contribution >= 0.6 is 0 Å². The molecule has 3 aromatic rings. The van der Waals surface area contributed by atoms with E-state index in [0.29, 0.717) is 35.8 Å². The van der Waals surface area contributed by atoms with Gasteiger partial charge in [0.2, 0.25) is 5.78 Å². The molecule has 31 heavy (non-hydrogen) atoms. The van der Waals surface area contributed by atoms with Crippen LogP contribution in [0.25, 0.3) is 6.08 Å². The molecule has 4 nitrogen and oxygen atoms in total. The van der Waals surface area contributed by atoms with Crippen LogP contribution in [0.15, 0.2) is 72.3 Å². The molecular weight excluding hydrogens is 386 g/mol. The lowest BCUT2D eigenvalue weighted by atomic mass is 10.0. The summed E-state index contributed by atoms with van der Waals surface area (Å²) in [7, 11) is 0.